The lowest BCUT2D eigenvalue weighted by Crippen LogP contribution is -2.13. The number of ether oxygens (including phenoxy) is 1. The SMILES string of the molecule is CC(C)CCSc1ccc(C(=O)O[C@@H](C)C#N)cc1[N+](=O)[O-]. The molecule has 0 radical (unpaired) electrons. The zero-order valence-electron chi connectivity index (χ0n) is 12.7. The summed E-state index contributed by atoms with van der Waals surface area (Å²) in [6, 6.07) is 6.01. The predicted molar refractivity (Wildman–Crippen MR) is 83.8 cm³/mol. The van der Waals surface area contributed by atoms with Crippen LogP contribution in [0.2, 0.25) is 0 Å². The van der Waals surface area contributed by atoms with Crippen molar-refractivity contribution in [2.45, 2.75) is 38.2 Å². The molecule has 0 heterocycles. The Morgan fingerprint density at radius 3 is 2.68 bits per heavy atom. The van der Waals surface area contributed by atoms with E-state index in [1.165, 1.54) is 30.8 Å². The standard InChI is InChI=1S/C15H18N2O4S/c1-10(2)6-7-22-14-5-4-12(8-13(14)17(19)20)15(18)21-11(3)9-16/h4-5,8,10-11H,6-7H2,1-3H3/t11-/m0/s1. The molecule has 0 aliphatic carbocycles. The molecule has 1 aromatic rings. The first kappa shape index (κ1) is 18.0. The van der Waals surface area contributed by atoms with Crippen LogP contribution in [0, 0.1) is 27.4 Å². The van der Waals surface area contributed by atoms with Crippen LogP contribution in [0.4, 0.5) is 5.69 Å². The van der Waals surface area contributed by atoms with E-state index in [0.29, 0.717) is 10.8 Å². The Morgan fingerprint density at radius 2 is 2.14 bits per heavy atom. The fourth-order valence-electron chi connectivity index (χ4n) is 1.57. The van der Waals surface area contributed by atoms with E-state index in [1.807, 2.05) is 0 Å². The van der Waals surface area contributed by atoms with E-state index >= 15 is 0 Å². The molecule has 6 nitrogen and oxygen atoms in total. The number of esters is 1. The number of hydrogen-bond acceptors (Lipinski definition) is 6. The molecule has 118 valence electrons. The largest absolute Gasteiger partial charge is 0.444 e. The molecular weight excluding hydrogens is 304 g/mol. The van der Waals surface area contributed by atoms with Crippen LogP contribution in [0.5, 0.6) is 0 Å². The van der Waals surface area contributed by atoms with E-state index in [2.05, 4.69) is 13.8 Å². The fraction of sp³-hybridized carbons (Fsp3) is 0.467. The maximum absolute atomic E-state index is 11.8. The molecule has 1 atom stereocenters. The molecule has 22 heavy (non-hydrogen) atoms. The monoisotopic (exact) mass is 322 g/mol. The Balaban J connectivity index is 2.92. The van der Waals surface area contributed by atoms with Crippen molar-refractivity contribution in [2.24, 2.45) is 5.92 Å². The first-order valence-electron chi connectivity index (χ1n) is 6.87. The topological polar surface area (TPSA) is 93.2 Å². The summed E-state index contributed by atoms with van der Waals surface area (Å²) in [7, 11) is 0. The molecule has 1 rings (SSSR count). The van der Waals surface area contributed by atoms with Crippen molar-refractivity contribution < 1.29 is 14.5 Å². The minimum Gasteiger partial charge on any atom is -0.444 e. The van der Waals surface area contributed by atoms with Crippen molar-refractivity contribution in [3.63, 3.8) is 0 Å². The lowest BCUT2D eigenvalue weighted by Gasteiger charge is -2.08. The van der Waals surface area contributed by atoms with E-state index in [4.69, 9.17) is 10.00 Å². The first-order valence-corrected chi connectivity index (χ1v) is 7.85. The van der Waals surface area contributed by atoms with Crippen molar-refractivity contribution in [1.29, 1.82) is 5.26 Å². The van der Waals surface area contributed by atoms with Crippen LogP contribution in [0.1, 0.15) is 37.6 Å². The van der Waals surface area contributed by atoms with Crippen molar-refractivity contribution in [2.75, 3.05) is 5.75 Å². The van der Waals surface area contributed by atoms with E-state index in [1.54, 1.807) is 12.1 Å². The van der Waals surface area contributed by atoms with Gasteiger partial charge in [-0.1, -0.05) is 13.8 Å². The summed E-state index contributed by atoms with van der Waals surface area (Å²) < 4.78 is 4.84. The number of rotatable bonds is 7. The highest BCUT2D eigenvalue weighted by molar-refractivity contribution is 7.99. The quantitative estimate of drug-likeness (QED) is 0.328. The zero-order valence-corrected chi connectivity index (χ0v) is 13.6. The predicted octanol–water partition coefficient (Wildman–Crippen LogP) is 3.80. The molecule has 0 bridgehead atoms. The third-order valence-corrected chi connectivity index (χ3v) is 3.91. The van der Waals surface area contributed by atoms with Gasteiger partial charge in [-0.25, -0.2) is 4.79 Å². The van der Waals surface area contributed by atoms with E-state index in [-0.39, 0.29) is 11.3 Å². The highest BCUT2D eigenvalue weighted by atomic mass is 32.2. The number of nitro groups is 1. The van der Waals surface area contributed by atoms with Gasteiger partial charge in [0.05, 0.1) is 15.4 Å². The van der Waals surface area contributed by atoms with Gasteiger partial charge >= 0.3 is 5.97 Å². The second-order valence-corrected chi connectivity index (χ2v) is 6.28. The fourth-order valence-corrected chi connectivity index (χ4v) is 2.82. The summed E-state index contributed by atoms with van der Waals surface area (Å²) in [6.45, 7) is 5.61. The van der Waals surface area contributed by atoms with E-state index in [9.17, 15) is 14.9 Å². The average molecular weight is 322 g/mol. The van der Waals surface area contributed by atoms with Gasteiger partial charge in [0.25, 0.3) is 5.69 Å². The third-order valence-electron chi connectivity index (χ3n) is 2.81. The molecule has 0 aromatic heterocycles. The molecule has 0 aliphatic rings. The molecule has 0 saturated heterocycles. The van der Waals surface area contributed by atoms with Crippen LogP contribution in [0.25, 0.3) is 0 Å². The summed E-state index contributed by atoms with van der Waals surface area (Å²) >= 11 is 1.40. The van der Waals surface area contributed by atoms with Gasteiger partial charge in [-0.2, -0.15) is 5.26 Å². The molecule has 0 N–H and O–H groups in total. The lowest BCUT2D eigenvalue weighted by atomic mass is 10.2. The zero-order chi connectivity index (χ0) is 16.7. The summed E-state index contributed by atoms with van der Waals surface area (Å²) in [5.74, 6) is 0.553. The molecule has 1 aromatic carbocycles. The normalized spacial score (nSPS) is 11.8. The average Bonchev–Trinajstić information content (AvgIpc) is 2.46. The highest BCUT2D eigenvalue weighted by Crippen LogP contribution is 2.31. The van der Waals surface area contributed by atoms with Crippen LogP contribution in [0.15, 0.2) is 23.1 Å². The summed E-state index contributed by atoms with van der Waals surface area (Å²) in [5.41, 5.74) is -0.0465. The van der Waals surface area contributed by atoms with Gasteiger partial charge in [-0.05, 0) is 37.1 Å². The number of carbonyl (C=O) groups excluding carboxylic acids is 1. The maximum atomic E-state index is 11.8. The minimum absolute atomic E-state index is 0.0713. The van der Waals surface area contributed by atoms with Crippen LogP contribution in [-0.2, 0) is 4.74 Å². The summed E-state index contributed by atoms with van der Waals surface area (Å²) in [5, 5.41) is 19.8. The van der Waals surface area contributed by atoms with Crippen molar-refractivity contribution in [1.82, 2.24) is 0 Å². The van der Waals surface area contributed by atoms with Gasteiger partial charge in [0.2, 0.25) is 0 Å². The number of carbonyl (C=O) groups is 1. The van der Waals surface area contributed by atoms with Crippen LogP contribution in [0.3, 0.4) is 0 Å². The molecule has 0 unspecified atom stereocenters. The number of benzene rings is 1. The summed E-state index contributed by atoms with van der Waals surface area (Å²) in [6.07, 6.45) is 0.0531. The van der Waals surface area contributed by atoms with Crippen LogP contribution >= 0.6 is 11.8 Å². The number of nitriles is 1. The minimum atomic E-state index is -0.897. The lowest BCUT2D eigenvalue weighted by molar-refractivity contribution is -0.387. The Kier molecular flexibility index (Phi) is 6.86. The van der Waals surface area contributed by atoms with Crippen molar-refractivity contribution in [3.05, 3.63) is 33.9 Å². The van der Waals surface area contributed by atoms with Crippen molar-refractivity contribution in [3.8, 4) is 6.07 Å². The van der Waals surface area contributed by atoms with Gasteiger partial charge in [-0.3, -0.25) is 10.1 Å². The second kappa shape index (κ2) is 8.39. The van der Waals surface area contributed by atoms with Gasteiger partial charge < -0.3 is 4.74 Å². The van der Waals surface area contributed by atoms with Gasteiger partial charge in [0.1, 0.15) is 6.07 Å². The Hall–Kier alpha value is -2.07. The molecular formula is C15H18N2O4S. The molecule has 0 spiro atoms. The number of nitrogens with zero attached hydrogens (tertiary/aromatic N) is 2. The first-order chi connectivity index (χ1) is 10.3. The second-order valence-electron chi connectivity index (χ2n) is 5.15. The molecule has 0 aliphatic heterocycles. The smallest absolute Gasteiger partial charge is 0.339 e. The molecule has 0 fully saturated rings. The third kappa shape index (κ3) is 5.37. The van der Waals surface area contributed by atoms with Crippen molar-refractivity contribution >= 4 is 23.4 Å². The molecule has 0 amide bonds. The van der Waals surface area contributed by atoms with Gasteiger partial charge in [-0.15, -0.1) is 11.8 Å². The van der Waals surface area contributed by atoms with E-state index in [0.717, 1.165) is 12.2 Å². The Bertz CT molecular complexity index is 596. The number of hydrogen-bond donors (Lipinski definition) is 0. The molecule has 7 heteroatoms. The van der Waals surface area contributed by atoms with Crippen LogP contribution < -0.4 is 0 Å². The maximum Gasteiger partial charge on any atom is 0.339 e. The van der Waals surface area contributed by atoms with Gasteiger partial charge in [0, 0.05) is 6.07 Å². The Labute approximate surface area is 133 Å². The molecule has 0 saturated carbocycles. The number of nitro benzene ring substituents is 1. The van der Waals surface area contributed by atoms with E-state index < -0.39 is 17.0 Å². The summed E-state index contributed by atoms with van der Waals surface area (Å²) in [4.78, 5) is 23.0. The van der Waals surface area contributed by atoms with Gasteiger partial charge in [0.15, 0.2) is 6.10 Å². The highest BCUT2D eigenvalue weighted by Gasteiger charge is 2.19. The number of thioether (sulfide) groups is 1. The van der Waals surface area contributed by atoms with Crippen LogP contribution in [-0.4, -0.2) is 22.7 Å². The Morgan fingerprint density at radius 1 is 1.45 bits per heavy atom.